The highest BCUT2D eigenvalue weighted by Crippen LogP contribution is 2.49. The first-order chi connectivity index (χ1) is 22.2. The average molecular weight is 629 g/mol. The Labute approximate surface area is 265 Å². The van der Waals surface area contributed by atoms with Gasteiger partial charge in [0.25, 0.3) is 5.56 Å². The number of ether oxygens (including phenoxy) is 6. The van der Waals surface area contributed by atoms with Crippen LogP contribution in [-0.4, -0.2) is 60.8 Å². The molecule has 240 valence electrons. The molecule has 2 aliphatic rings. The summed E-state index contributed by atoms with van der Waals surface area (Å²) < 4.78 is 38.0. The SMILES string of the molecule is COc1ccc(C(OC[C@@]23CCO[C@@H]([C@H](n4cc(C)c(=O)[nH]c4=O)O2)[C@@H]3OC(C)=O)(c2ccccc2)c2ccc(OC)cc2)cc1. The minimum Gasteiger partial charge on any atom is -0.497 e. The number of benzene rings is 3. The maximum absolute atomic E-state index is 13.0. The molecule has 46 heavy (non-hydrogen) atoms. The van der Waals surface area contributed by atoms with E-state index in [2.05, 4.69) is 4.98 Å². The summed E-state index contributed by atoms with van der Waals surface area (Å²) >= 11 is 0. The molecule has 2 fully saturated rings. The third-order valence-corrected chi connectivity index (χ3v) is 8.71. The molecule has 4 atom stereocenters. The van der Waals surface area contributed by atoms with Gasteiger partial charge in [-0.3, -0.25) is 19.1 Å². The molecule has 1 N–H and O–H groups in total. The van der Waals surface area contributed by atoms with Gasteiger partial charge in [0.2, 0.25) is 0 Å². The largest absolute Gasteiger partial charge is 0.497 e. The number of carbonyl (C=O) groups excluding carboxylic acids is 1. The summed E-state index contributed by atoms with van der Waals surface area (Å²) in [6.45, 7) is 3.13. The standard InChI is InChI=1S/C35H36N2O9/c1-22-20-37(33(40)36-31(22)39)32-29-30(45-23(2)38)34(46-32,18-19-43-29)21-44-35(24-8-6-5-7-9-24,25-10-14-27(41-3)15-11-25)26-12-16-28(42-4)17-13-26/h5-17,20,29-30,32H,18-19,21H2,1-4H3,(H,36,39,40)/t29-,30+,32-,34-/m1/s1. The van der Waals surface area contributed by atoms with Crippen molar-refractivity contribution >= 4 is 5.97 Å². The summed E-state index contributed by atoms with van der Waals surface area (Å²) in [7, 11) is 3.22. The molecule has 3 heterocycles. The fourth-order valence-corrected chi connectivity index (χ4v) is 6.40. The van der Waals surface area contributed by atoms with Gasteiger partial charge < -0.3 is 28.4 Å². The number of methoxy groups -OCH3 is 2. The first-order valence-electron chi connectivity index (χ1n) is 15.0. The van der Waals surface area contributed by atoms with Gasteiger partial charge in [0, 0.05) is 25.1 Å². The van der Waals surface area contributed by atoms with Gasteiger partial charge in [-0.25, -0.2) is 4.79 Å². The van der Waals surface area contributed by atoms with Gasteiger partial charge in [0.05, 0.1) is 27.4 Å². The first kappa shape index (κ1) is 31.3. The van der Waals surface area contributed by atoms with Crippen LogP contribution in [0.2, 0.25) is 0 Å². The van der Waals surface area contributed by atoms with E-state index in [0.717, 1.165) is 16.7 Å². The highest BCUT2D eigenvalue weighted by atomic mass is 16.7. The van der Waals surface area contributed by atoms with E-state index in [1.165, 1.54) is 17.7 Å². The number of nitrogens with zero attached hydrogens (tertiary/aromatic N) is 1. The van der Waals surface area contributed by atoms with Crippen molar-refractivity contribution in [3.05, 3.63) is 128 Å². The van der Waals surface area contributed by atoms with E-state index in [0.29, 0.717) is 23.5 Å². The van der Waals surface area contributed by atoms with Gasteiger partial charge >= 0.3 is 11.7 Å². The maximum atomic E-state index is 13.0. The number of rotatable bonds is 10. The minimum absolute atomic E-state index is 0.0503. The van der Waals surface area contributed by atoms with E-state index in [4.69, 9.17) is 28.4 Å². The zero-order chi connectivity index (χ0) is 32.5. The van der Waals surface area contributed by atoms with E-state index < -0.39 is 46.9 Å². The van der Waals surface area contributed by atoms with Crippen molar-refractivity contribution in [2.75, 3.05) is 27.4 Å². The van der Waals surface area contributed by atoms with Crippen LogP contribution in [0.1, 0.15) is 41.8 Å². The van der Waals surface area contributed by atoms with Crippen LogP contribution in [0.25, 0.3) is 0 Å². The number of aryl methyl sites for hydroxylation is 1. The van der Waals surface area contributed by atoms with E-state index in [9.17, 15) is 14.4 Å². The Morgan fingerprint density at radius 2 is 1.52 bits per heavy atom. The normalized spacial score (nSPS) is 22.3. The summed E-state index contributed by atoms with van der Waals surface area (Å²) in [6, 6.07) is 25.1. The van der Waals surface area contributed by atoms with Crippen molar-refractivity contribution in [2.24, 2.45) is 0 Å². The Kier molecular flexibility index (Phi) is 8.56. The first-order valence-corrected chi connectivity index (χ1v) is 15.0. The molecule has 0 aliphatic carbocycles. The molecular formula is C35H36N2O9. The van der Waals surface area contributed by atoms with Crippen molar-refractivity contribution in [1.82, 2.24) is 9.55 Å². The van der Waals surface area contributed by atoms with Gasteiger partial charge in [0.15, 0.2) is 12.3 Å². The van der Waals surface area contributed by atoms with E-state index in [1.54, 1.807) is 21.1 Å². The molecule has 0 radical (unpaired) electrons. The number of aromatic amines is 1. The molecule has 0 spiro atoms. The third-order valence-electron chi connectivity index (χ3n) is 8.71. The number of fused-ring (bicyclic) bond motifs is 2. The molecule has 11 heteroatoms. The molecule has 4 aromatic rings. The topological polar surface area (TPSA) is 127 Å². The molecule has 3 aromatic carbocycles. The van der Waals surface area contributed by atoms with Crippen LogP contribution < -0.4 is 20.7 Å². The summed E-state index contributed by atoms with van der Waals surface area (Å²) in [4.78, 5) is 39.9. The second kappa shape index (κ2) is 12.6. The van der Waals surface area contributed by atoms with Gasteiger partial charge in [0.1, 0.15) is 28.8 Å². The number of H-pyrrole nitrogens is 1. The fourth-order valence-electron chi connectivity index (χ4n) is 6.40. The number of nitrogens with one attached hydrogen (secondary N) is 1. The monoisotopic (exact) mass is 628 g/mol. The van der Waals surface area contributed by atoms with Crippen LogP contribution in [0, 0.1) is 6.92 Å². The lowest BCUT2D eigenvalue weighted by Gasteiger charge is -2.42. The van der Waals surface area contributed by atoms with Crippen molar-refractivity contribution in [3.8, 4) is 11.5 Å². The van der Waals surface area contributed by atoms with Crippen LogP contribution >= 0.6 is 0 Å². The van der Waals surface area contributed by atoms with Crippen LogP contribution in [0.5, 0.6) is 11.5 Å². The second-order valence-corrected chi connectivity index (χ2v) is 11.5. The van der Waals surface area contributed by atoms with Crippen molar-refractivity contribution in [1.29, 1.82) is 0 Å². The van der Waals surface area contributed by atoms with Crippen molar-refractivity contribution in [2.45, 2.75) is 49.9 Å². The number of esters is 1. The Morgan fingerprint density at radius 1 is 0.935 bits per heavy atom. The Hall–Kier alpha value is -4.71. The molecule has 0 unspecified atom stereocenters. The molecule has 2 aliphatic heterocycles. The lowest BCUT2D eigenvalue weighted by atomic mass is 9.79. The van der Waals surface area contributed by atoms with Crippen molar-refractivity contribution in [3.63, 3.8) is 0 Å². The zero-order valence-corrected chi connectivity index (χ0v) is 26.1. The Bertz CT molecular complexity index is 1750. The summed E-state index contributed by atoms with van der Waals surface area (Å²) in [5.74, 6) is 0.841. The molecule has 2 saturated heterocycles. The molecule has 1 aromatic heterocycles. The van der Waals surface area contributed by atoms with Crippen LogP contribution in [0.3, 0.4) is 0 Å². The minimum atomic E-state index is -1.21. The number of aromatic nitrogens is 2. The number of carbonyl (C=O) groups is 1. The second-order valence-electron chi connectivity index (χ2n) is 11.5. The lowest BCUT2D eigenvalue weighted by molar-refractivity contribution is -0.194. The molecule has 11 nitrogen and oxygen atoms in total. The summed E-state index contributed by atoms with van der Waals surface area (Å²) in [6.07, 6.45) is -1.00. The van der Waals surface area contributed by atoms with Gasteiger partial charge in [-0.1, -0.05) is 54.6 Å². The Balaban J connectivity index is 1.49. The number of hydrogen-bond donors (Lipinski definition) is 1. The highest BCUT2D eigenvalue weighted by molar-refractivity contribution is 5.66. The third kappa shape index (κ3) is 5.51. The van der Waals surface area contributed by atoms with Gasteiger partial charge in [-0.05, 0) is 47.9 Å². The summed E-state index contributed by atoms with van der Waals surface area (Å²) in [5.41, 5.74) is -0.740. The predicted octanol–water partition coefficient (Wildman–Crippen LogP) is 3.86. The van der Waals surface area contributed by atoms with Crippen LogP contribution in [0.4, 0.5) is 0 Å². The van der Waals surface area contributed by atoms with Crippen molar-refractivity contribution < 1.29 is 33.2 Å². The van der Waals surface area contributed by atoms with E-state index in [1.807, 2.05) is 78.9 Å². The molecule has 0 saturated carbocycles. The molecule has 2 bridgehead atoms. The Morgan fingerprint density at radius 3 is 2.09 bits per heavy atom. The predicted molar refractivity (Wildman–Crippen MR) is 167 cm³/mol. The van der Waals surface area contributed by atoms with E-state index >= 15 is 0 Å². The summed E-state index contributed by atoms with van der Waals surface area (Å²) in [5, 5.41) is 0. The zero-order valence-electron chi connectivity index (χ0n) is 26.1. The van der Waals surface area contributed by atoms with Gasteiger partial charge in [-0.2, -0.15) is 0 Å². The quantitative estimate of drug-likeness (QED) is 0.206. The molecular weight excluding hydrogens is 592 g/mol. The van der Waals surface area contributed by atoms with Crippen LogP contribution in [-0.2, 0) is 29.3 Å². The van der Waals surface area contributed by atoms with Crippen LogP contribution in [0.15, 0.2) is 94.6 Å². The molecule has 6 rings (SSSR count). The molecule has 0 amide bonds. The average Bonchev–Trinajstić information content (AvgIpc) is 3.22. The number of hydrogen-bond acceptors (Lipinski definition) is 9. The van der Waals surface area contributed by atoms with E-state index in [-0.39, 0.29) is 13.2 Å². The maximum Gasteiger partial charge on any atom is 0.330 e. The van der Waals surface area contributed by atoms with Gasteiger partial charge in [-0.15, -0.1) is 0 Å². The fraction of sp³-hybridized carbons (Fsp3) is 0.343. The lowest BCUT2D eigenvalue weighted by Crippen LogP contribution is -2.55. The highest BCUT2D eigenvalue weighted by Gasteiger charge is 2.62. The smallest absolute Gasteiger partial charge is 0.330 e.